The topological polar surface area (TPSA) is 91.4 Å². The maximum absolute atomic E-state index is 12.6. The van der Waals surface area contributed by atoms with Crippen molar-refractivity contribution in [3.05, 3.63) is 94.8 Å². The Balaban J connectivity index is 1.62. The summed E-state index contributed by atoms with van der Waals surface area (Å²) in [6.45, 7) is 0. The number of hydrogen-bond acceptors (Lipinski definition) is 4. The number of nitrogens with one attached hydrogen (secondary N) is 2. The van der Waals surface area contributed by atoms with E-state index >= 15 is 0 Å². The molecule has 0 spiro atoms. The molecule has 0 saturated carbocycles. The standard InChI is InChI=1S/C22H16N2O4/c25-20-17-11-4-5-12-18(17)24-22(27)19(20)21(26)23-14-7-6-10-16(13-14)28-15-8-2-1-3-9-15/h1-13H,(H,23,26)(H2,24,25,27). The Labute approximate surface area is 160 Å². The number of para-hydroxylation sites is 2. The van der Waals surface area contributed by atoms with Crippen molar-refractivity contribution in [3.63, 3.8) is 0 Å². The highest BCUT2D eigenvalue weighted by atomic mass is 16.5. The van der Waals surface area contributed by atoms with Gasteiger partial charge in [-0.25, -0.2) is 0 Å². The average Bonchev–Trinajstić information content (AvgIpc) is 2.69. The molecule has 1 heterocycles. The van der Waals surface area contributed by atoms with Crippen molar-refractivity contribution >= 4 is 22.5 Å². The second-order valence-corrected chi connectivity index (χ2v) is 6.12. The first-order valence-electron chi connectivity index (χ1n) is 8.60. The van der Waals surface area contributed by atoms with Gasteiger partial charge >= 0.3 is 0 Å². The zero-order valence-electron chi connectivity index (χ0n) is 14.7. The van der Waals surface area contributed by atoms with E-state index in [1.165, 1.54) is 0 Å². The average molecular weight is 372 g/mol. The molecule has 1 aromatic heterocycles. The first kappa shape index (κ1) is 17.4. The molecule has 0 radical (unpaired) electrons. The SMILES string of the molecule is O=C(Nc1cccc(Oc2ccccc2)c1)c1c(O)c2ccccc2[nH]c1=O. The Morgan fingerprint density at radius 3 is 2.43 bits per heavy atom. The van der Waals surface area contributed by atoms with Gasteiger partial charge in [-0.15, -0.1) is 0 Å². The van der Waals surface area contributed by atoms with Gasteiger partial charge in [0.1, 0.15) is 22.8 Å². The van der Waals surface area contributed by atoms with E-state index in [9.17, 15) is 14.7 Å². The lowest BCUT2D eigenvalue weighted by Crippen LogP contribution is -2.23. The molecule has 0 bridgehead atoms. The van der Waals surface area contributed by atoms with Crippen LogP contribution in [0.5, 0.6) is 17.2 Å². The summed E-state index contributed by atoms with van der Waals surface area (Å²) in [6, 6.07) is 22.7. The number of carbonyl (C=O) groups is 1. The molecule has 3 N–H and O–H groups in total. The molecule has 0 aliphatic heterocycles. The minimum Gasteiger partial charge on any atom is -0.506 e. The minimum absolute atomic E-state index is 0.340. The molecular formula is C22H16N2O4. The van der Waals surface area contributed by atoms with Gasteiger partial charge in [-0.2, -0.15) is 0 Å². The molecule has 28 heavy (non-hydrogen) atoms. The number of hydrogen-bond donors (Lipinski definition) is 3. The fourth-order valence-electron chi connectivity index (χ4n) is 2.89. The Kier molecular flexibility index (Phi) is 4.51. The van der Waals surface area contributed by atoms with Crippen molar-refractivity contribution in [2.45, 2.75) is 0 Å². The number of H-pyrrole nitrogens is 1. The summed E-state index contributed by atoms with van der Waals surface area (Å²) >= 11 is 0. The van der Waals surface area contributed by atoms with E-state index in [0.29, 0.717) is 28.1 Å². The minimum atomic E-state index is -0.707. The van der Waals surface area contributed by atoms with Crippen LogP contribution in [0.2, 0.25) is 0 Å². The number of amides is 1. The van der Waals surface area contributed by atoms with Gasteiger partial charge in [0.05, 0.1) is 5.52 Å². The summed E-state index contributed by atoms with van der Waals surface area (Å²) in [5.41, 5.74) is -0.108. The van der Waals surface area contributed by atoms with Crippen LogP contribution >= 0.6 is 0 Å². The molecular weight excluding hydrogens is 356 g/mol. The zero-order chi connectivity index (χ0) is 19.5. The quantitative estimate of drug-likeness (QED) is 0.499. The van der Waals surface area contributed by atoms with Gasteiger partial charge in [0.25, 0.3) is 11.5 Å². The predicted molar refractivity (Wildman–Crippen MR) is 107 cm³/mol. The zero-order valence-corrected chi connectivity index (χ0v) is 14.7. The Morgan fingerprint density at radius 1 is 0.893 bits per heavy atom. The third-order valence-electron chi connectivity index (χ3n) is 4.19. The highest BCUT2D eigenvalue weighted by molar-refractivity contribution is 6.09. The summed E-state index contributed by atoms with van der Waals surface area (Å²) in [7, 11) is 0. The number of aromatic amines is 1. The van der Waals surface area contributed by atoms with Gasteiger partial charge in [0, 0.05) is 17.1 Å². The molecule has 138 valence electrons. The maximum Gasteiger partial charge on any atom is 0.265 e. The van der Waals surface area contributed by atoms with E-state index in [1.807, 2.05) is 30.3 Å². The van der Waals surface area contributed by atoms with Crippen LogP contribution in [0.25, 0.3) is 10.9 Å². The predicted octanol–water partition coefficient (Wildman–Crippen LogP) is 4.28. The fraction of sp³-hybridized carbons (Fsp3) is 0. The molecule has 0 aliphatic rings. The largest absolute Gasteiger partial charge is 0.506 e. The van der Waals surface area contributed by atoms with E-state index in [-0.39, 0.29) is 11.3 Å². The second kappa shape index (κ2) is 7.28. The molecule has 4 rings (SSSR count). The van der Waals surface area contributed by atoms with E-state index in [2.05, 4.69) is 10.3 Å². The van der Waals surface area contributed by atoms with Crippen molar-refractivity contribution in [1.82, 2.24) is 4.98 Å². The molecule has 0 saturated heterocycles. The third kappa shape index (κ3) is 3.43. The van der Waals surface area contributed by atoms with Crippen molar-refractivity contribution < 1.29 is 14.6 Å². The molecule has 1 amide bonds. The molecule has 4 aromatic rings. The smallest absolute Gasteiger partial charge is 0.265 e. The van der Waals surface area contributed by atoms with Crippen LogP contribution in [0.1, 0.15) is 10.4 Å². The van der Waals surface area contributed by atoms with Crippen LogP contribution in [-0.2, 0) is 0 Å². The number of aromatic hydroxyl groups is 1. The highest BCUT2D eigenvalue weighted by Crippen LogP contribution is 2.27. The van der Waals surface area contributed by atoms with Gasteiger partial charge in [-0.1, -0.05) is 36.4 Å². The Morgan fingerprint density at radius 2 is 1.61 bits per heavy atom. The lowest BCUT2D eigenvalue weighted by Gasteiger charge is -2.10. The lowest BCUT2D eigenvalue weighted by molar-refractivity contribution is 0.102. The molecule has 3 aromatic carbocycles. The number of rotatable bonds is 4. The Bertz CT molecular complexity index is 1220. The Hall–Kier alpha value is -4.06. The highest BCUT2D eigenvalue weighted by Gasteiger charge is 2.19. The second-order valence-electron chi connectivity index (χ2n) is 6.12. The number of aromatic nitrogens is 1. The normalized spacial score (nSPS) is 10.6. The first-order chi connectivity index (χ1) is 13.6. The van der Waals surface area contributed by atoms with Gasteiger partial charge in [-0.3, -0.25) is 9.59 Å². The molecule has 0 atom stereocenters. The number of fused-ring (bicyclic) bond motifs is 1. The van der Waals surface area contributed by atoms with Crippen molar-refractivity contribution in [2.24, 2.45) is 0 Å². The molecule has 0 fully saturated rings. The molecule has 6 heteroatoms. The third-order valence-corrected chi connectivity index (χ3v) is 4.19. The number of ether oxygens (including phenoxy) is 1. The van der Waals surface area contributed by atoms with Crippen molar-refractivity contribution in [2.75, 3.05) is 5.32 Å². The van der Waals surface area contributed by atoms with Crippen LogP contribution in [0.15, 0.2) is 83.7 Å². The van der Waals surface area contributed by atoms with E-state index in [4.69, 9.17) is 4.74 Å². The van der Waals surface area contributed by atoms with Crippen LogP contribution < -0.4 is 15.6 Å². The summed E-state index contributed by atoms with van der Waals surface area (Å²) < 4.78 is 5.74. The number of benzene rings is 3. The number of anilines is 1. The van der Waals surface area contributed by atoms with Gasteiger partial charge in [0.2, 0.25) is 0 Å². The lowest BCUT2D eigenvalue weighted by atomic mass is 10.1. The summed E-state index contributed by atoms with van der Waals surface area (Å²) in [4.78, 5) is 27.5. The van der Waals surface area contributed by atoms with Crippen molar-refractivity contribution in [1.29, 1.82) is 0 Å². The van der Waals surface area contributed by atoms with Crippen LogP contribution in [0, 0.1) is 0 Å². The van der Waals surface area contributed by atoms with E-state index in [0.717, 1.165) is 0 Å². The van der Waals surface area contributed by atoms with Gasteiger partial charge < -0.3 is 20.1 Å². The summed E-state index contributed by atoms with van der Waals surface area (Å²) in [5.74, 6) is 0.130. The summed E-state index contributed by atoms with van der Waals surface area (Å²) in [5, 5.41) is 13.5. The monoisotopic (exact) mass is 372 g/mol. The molecule has 6 nitrogen and oxygen atoms in total. The summed E-state index contributed by atoms with van der Waals surface area (Å²) in [6.07, 6.45) is 0. The van der Waals surface area contributed by atoms with Gasteiger partial charge in [0.15, 0.2) is 0 Å². The van der Waals surface area contributed by atoms with E-state index < -0.39 is 11.5 Å². The first-order valence-corrected chi connectivity index (χ1v) is 8.60. The molecule has 0 unspecified atom stereocenters. The van der Waals surface area contributed by atoms with Crippen LogP contribution in [0.4, 0.5) is 5.69 Å². The van der Waals surface area contributed by atoms with Crippen molar-refractivity contribution in [3.8, 4) is 17.2 Å². The van der Waals surface area contributed by atoms with Crippen LogP contribution in [0.3, 0.4) is 0 Å². The number of carbonyl (C=O) groups excluding carboxylic acids is 1. The van der Waals surface area contributed by atoms with Gasteiger partial charge in [-0.05, 0) is 36.4 Å². The van der Waals surface area contributed by atoms with E-state index in [1.54, 1.807) is 48.5 Å². The fourth-order valence-corrected chi connectivity index (χ4v) is 2.89. The maximum atomic E-state index is 12.6. The van der Waals surface area contributed by atoms with Crippen LogP contribution in [-0.4, -0.2) is 16.0 Å². The molecule has 0 aliphatic carbocycles. The number of pyridine rings is 1.